The highest BCUT2D eigenvalue weighted by molar-refractivity contribution is 5.90. The van der Waals surface area contributed by atoms with Gasteiger partial charge < -0.3 is 10.3 Å². The molecule has 0 fully saturated rings. The quantitative estimate of drug-likeness (QED) is 0.798. The lowest BCUT2D eigenvalue weighted by atomic mass is 10.3. The highest BCUT2D eigenvalue weighted by atomic mass is 19.1. The van der Waals surface area contributed by atoms with Crippen molar-refractivity contribution in [1.82, 2.24) is 9.55 Å². The molecular weight excluding hydrogens is 197 g/mol. The van der Waals surface area contributed by atoms with Gasteiger partial charge in [-0.05, 0) is 18.2 Å². The predicted octanol–water partition coefficient (Wildman–Crippen LogP) is 1.11. The number of carbonyl (C=O) groups excluding carboxylic acids is 1. The maximum Gasteiger partial charge on any atom is 0.268 e. The molecule has 15 heavy (non-hydrogen) atoms. The average molecular weight is 205 g/mol. The van der Waals surface area contributed by atoms with Crippen LogP contribution in [0.15, 0.2) is 36.8 Å². The number of aromatic nitrogens is 2. The van der Waals surface area contributed by atoms with Crippen molar-refractivity contribution < 1.29 is 9.18 Å². The van der Waals surface area contributed by atoms with Crippen LogP contribution in [-0.4, -0.2) is 15.5 Å². The Morgan fingerprint density at radius 3 is 2.87 bits per heavy atom. The molecular formula is C10H8FN3O. The summed E-state index contributed by atoms with van der Waals surface area (Å²) in [5.74, 6) is -0.952. The number of imidazole rings is 1. The lowest BCUT2D eigenvalue weighted by molar-refractivity contribution is 0.0996. The molecule has 2 rings (SSSR count). The van der Waals surface area contributed by atoms with Crippen LogP contribution in [-0.2, 0) is 0 Å². The van der Waals surface area contributed by atoms with Gasteiger partial charge in [0.05, 0.1) is 0 Å². The van der Waals surface area contributed by atoms with Crippen molar-refractivity contribution in [2.45, 2.75) is 0 Å². The Bertz CT molecular complexity index is 507. The Hall–Kier alpha value is -2.17. The van der Waals surface area contributed by atoms with Crippen LogP contribution in [0.2, 0.25) is 0 Å². The third-order valence-electron chi connectivity index (χ3n) is 1.94. The summed E-state index contributed by atoms with van der Waals surface area (Å²) in [6.07, 6.45) is 2.87. The molecule has 0 unspecified atom stereocenters. The molecule has 0 saturated carbocycles. The van der Waals surface area contributed by atoms with Gasteiger partial charge in [-0.15, -0.1) is 0 Å². The third-order valence-corrected chi connectivity index (χ3v) is 1.94. The van der Waals surface area contributed by atoms with Crippen LogP contribution < -0.4 is 5.73 Å². The summed E-state index contributed by atoms with van der Waals surface area (Å²) < 4.78 is 14.4. The van der Waals surface area contributed by atoms with Gasteiger partial charge in [0.1, 0.15) is 17.8 Å². The molecule has 1 amide bonds. The van der Waals surface area contributed by atoms with E-state index < -0.39 is 5.91 Å². The number of halogens is 1. The second-order valence-electron chi connectivity index (χ2n) is 3.01. The molecule has 0 radical (unpaired) electrons. The number of nitrogens with zero attached hydrogens (tertiary/aromatic N) is 2. The lowest BCUT2D eigenvalue weighted by Crippen LogP contribution is -2.11. The zero-order valence-corrected chi connectivity index (χ0v) is 7.72. The number of benzene rings is 1. The van der Waals surface area contributed by atoms with E-state index in [0.29, 0.717) is 5.69 Å². The van der Waals surface area contributed by atoms with Gasteiger partial charge in [0.15, 0.2) is 0 Å². The molecule has 5 heteroatoms. The van der Waals surface area contributed by atoms with E-state index >= 15 is 0 Å². The first-order valence-electron chi connectivity index (χ1n) is 4.26. The first-order chi connectivity index (χ1) is 7.16. The van der Waals surface area contributed by atoms with Crippen molar-refractivity contribution in [3.05, 3.63) is 48.3 Å². The second-order valence-corrected chi connectivity index (χ2v) is 3.01. The Balaban J connectivity index is 2.41. The lowest BCUT2D eigenvalue weighted by Gasteiger charge is -2.00. The van der Waals surface area contributed by atoms with E-state index in [9.17, 15) is 9.18 Å². The number of hydrogen-bond acceptors (Lipinski definition) is 2. The fraction of sp³-hybridized carbons (Fsp3) is 0. The summed E-state index contributed by atoms with van der Waals surface area (Å²) in [4.78, 5) is 14.6. The Kier molecular flexibility index (Phi) is 2.21. The number of rotatable bonds is 2. The topological polar surface area (TPSA) is 60.9 Å². The zero-order chi connectivity index (χ0) is 10.8. The molecule has 0 spiro atoms. The number of hydrogen-bond donors (Lipinski definition) is 1. The molecule has 4 nitrogen and oxygen atoms in total. The van der Waals surface area contributed by atoms with E-state index in [0.717, 1.165) is 0 Å². The normalized spacial score (nSPS) is 10.2. The van der Waals surface area contributed by atoms with Crippen molar-refractivity contribution >= 4 is 5.91 Å². The van der Waals surface area contributed by atoms with Gasteiger partial charge >= 0.3 is 0 Å². The van der Waals surface area contributed by atoms with Crippen molar-refractivity contribution in [3.63, 3.8) is 0 Å². The minimum absolute atomic E-state index is 0.152. The van der Waals surface area contributed by atoms with Crippen LogP contribution in [0.3, 0.4) is 0 Å². The van der Waals surface area contributed by atoms with Crippen LogP contribution in [0, 0.1) is 5.82 Å². The molecule has 0 aliphatic heterocycles. The molecule has 0 bridgehead atoms. The summed E-state index contributed by atoms with van der Waals surface area (Å²) in [6, 6.07) is 5.96. The van der Waals surface area contributed by atoms with Crippen LogP contribution in [0.25, 0.3) is 5.69 Å². The predicted molar refractivity (Wildman–Crippen MR) is 52.0 cm³/mol. The minimum Gasteiger partial charge on any atom is -0.364 e. The van der Waals surface area contributed by atoms with Crippen LogP contribution in [0.1, 0.15) is 10.5 Å². The van der Waals surface area contributed by atoms with Gasteiger partial charge in [0, 0.05) is 11.9 Å². The monoisotopic (exact) mass is 205 g/mol. The van der Waals surface area contributed by atoms with Gasteiger partial charge in [-0.1, -0.05) is 6.07 Å². The van der Waals surface area contributed by atoms with Crippen molar-refractivity contribution in [2.24, 2.45) is 5.73 Å². The maximum atomic E-state index is 12.9. The Morgan fingerprint density at radius 2 is 2.27 bits per heavy atom. The van der Waals surface area contributed by atoms with Gasteiger partial charge in [-0.2, -0.15) is 0 Å². The largest absolute Gasteiger partial charge is 0.364 e. The number of nitrogens with two attached hydrogens (primary N) is 1. The molecule has 0 saturated heterocycles. The van der Waals surface area contributed by atoms with Gasteiger partial charge in [-0.25, -0.2) is 9.37 Å². The van der Waals surface area contributed by atoms with Crippen molar-refractivity contribution in [1.29, 1.82) is 0 Å². The molecule has 0 atom stereocenters. The van der Waals surface area contributed by atoms with Crippen LogP contribution >= 0.6 is 0 Å². The second kappa shape index (κ2) is 3.53. The summed E-state index contributed by atoms with van der Waals surface area (Å²) >= 11 is 0. The molecule has 1 heterocycles. The fourth-order valence-corrected chi connectivity index (χ4v) is 1.23. The summed E-state index contributed by atoms with van der Waals surface area (Å²) in [5.41, 5.74) is 5.79. The fourth-order valence-electron chi connectivity index (χ4n) is 1.23. The minimum atomic E-state index is -0.606. The summed E-state index contributed by atoms with van der Waals surface area (Å²) in [5, 5.41) is 0. The molecule has 1 aromatic carbocycles. The molecule has 0 aliphatic rings. The van der Waals surface area contributed by atoms with Gasteiger partial charge in [-0.3, -0.25) is 4.79 Å². The van der Waals surface area contributed by atoms with Crippen LogP contribution in [0.4, 0.5) is 4.39 Å². The first kappa shape index (κ1) is 9.39. The van der Waals surface area contributed by atoms with E-state index in [4.69, 9.17) is 5.73 Å². The van der Waals surface area contributed by atoms with E-state index in [2.05, 4.69) is 4.98 Å². The van der Waals surface area contributed by atoms with Crippen molar-refractivity contribution in [3.8, 4) is 5.69 Å². The van der Waals surface area contributed by atoms with E-state index in [1.807, 2.05) is 0 Å². The standard InChI is InChI=1S/C10H8FN3O/c11-7-2-1-3-8(4-7)14-5-9(10(12)15)13-6-14/h1-6H,(H2,12,15). The number of carbonyl (C=O) groups is 1. The number of amides is 1. The maximum absolute atomic E-state index is 12.9. The smallest absolute Gasteiger partial charge is 0.268 e. The van der Waals surface area contributed by atoms with Gasteiger partial charge in [0.25, 0.3) is 5.91 Å². The van der Waals surface area contributed by atoms with Crippen LogP contribution in [0.5, 0.6) is 0 Å². The highest BCUT2D eigenvalue weighted by Crippen LogP contribution is 2.10. The van der Waals surface area contributed by atoms with E-state index in [1.54, 1.807) is 12.1 Å². The molecule has 1 aromatic heterocycles. The summed E-state index contributed by atoms with van der Waals surface area (Å²) in [7, 11) is 0. The van der Waals surface area contributed by atoms with E-state index in [1.165, 1.54) is 29.2 Å². The van der Waals surface area contributed by atoms with Crippen molar-refractivity contribution in [2.75, 3.05) is 0 Å². The Labute approximate surface area is 85.2 Å². The first-order valence-corrected chi connectivity index (χ1v) is 4.26. The van der Waals surface area contributed by atoms with E-state index in [-0.39, 0.29) is 11.5 Å². The number of primary amides is 1. The third kappa shape index (κ3) is 1.85. The summed E-state index contributed by atoms with van der Waals surface area (Å²) in [6.45, 7) is 0. The molecule has 76 valence electrons. The zero-order valence-electron chi connectivity index (χ0n) is 7.72. The molecule has 2 aromatic rings. The van der Waals surface area contributed by atoms with Gasteiger partial charge in [0.2, 0.25) is 0 Å². The molecule has 0 aliphatic carbocycles. The SMILES string of the molecule is NC(=O)c1cn(-c2cccc(F)c2)cn1. The molecule has 2 N–H and O–H groups in total. The average Bonchev–Trinajstić information content (AvgIpc) is 2.66. The Morgan fingerprint density at radius 1 is 1.47 bits per heavy atom. The highest BCUT2D eigenvalue weighted by Gasteiger charge is 2.05.